The highest BCUT2D eigenvalue weighted by Crippen LogP contribution is 2.26. The lowest BCUT2D eigenvalue weighted by Gasteiger charge is -2.13. The predicted octanol–water partition coefficient (Wildman–Crippen LogP) is 6.09. The van der Waals surface area contributed by atoms with Crippen molar-refractivity contribution in [2.45, 2.75) is 19.3 Å². The number of amides is 1. The van der Waals surface area contributed by atoms with E-state index in [1.807, 2.05) is 57.2 Å². The first-order valence-electron chi connectivity index (χ1n) is 12.4. The molecule has 0 aliphatic heterocycles. The molecule has 1 heterocycles. The number of nitrogens with zero attached hydrogens (tertiary/aromatic N) is 1. The molecule has 206 valence electrons. The number of fused-ring (bicyclic) bond motifs is 1. The number of rotatable bonds is 5. The van der Waals surface area contributed by atoms with Gasteiger partial charge in [0.2, 0.25) is 0 Å². The Balaban J connectivity index is 0.000000362. The van der Waals surface area contributed by atoms with Gasteiger partial charge in [-0.25, -0.2) is 4.98 Å². The number of carbonyl (C=O) groups excluding carboxylic acids is 3. The second kappa shape index (κ2) is 15.9. The van der Waals surface area contributed by atoms with Crippen LogP contribution in [0.1, 0.15) is 44.4 Å². The average Bonchev–Trinajstić information content (AvgIpc) is 3.45. The quantitative estimate of drug-likeness (QED) is 0.138. The van der Waals surface area contributed by atoms with Gasteiger partial charge >= 0.3 is 0 Å². The van der Waals surface area contributed by atoms with E-state index in [4.69, 9.17) is 4.79 Å². The zero-order valence-electron chi connectivity index (χ0n) is 22.7. The molecule has 0 saturated carbocycles. The zero-order valence-corrected chi connectivity index (χ0v) is 22.7. The highest BCUT2D eigenvalue weighted by molar-refractivity contribution is 6.05. The standard InChI is InChI=1S/C21H20N4O2.C8H8O.C2H4.CH2O/c1-22-15-5-2-13(3-6-15)20-24-18-11-4-14(12-19(18)25-20)21(27)23-16-7-9-17(26)10-8-16;1-7-2-4-8(6-9)5-3-7;2*1-2/h2,4-13,22,26H,3H2,1H3,(H,23,27)(H,24,25);2-6H,1H3;1-2H2;1H2. The molecule has 1 aliphatic carbocycles. The van der Waals surface area contributed by atoms with Crippen LogP contribution in [0.5, 0.6) is 5.75 Å². The van der Waals surface area contributed by atoms with Gasteiger partial charge in [-0.15, -0.1) is 13.2 Å². The van der Waals surface area contributed by atoms with E-state index in [-0.39, 0.29) is 17.6 Å². The van der Waals surface area contributed by atoms with Crippen LogP contribution in [-0.4, -0.2) is 41.1 Å². The Morgan fingerprint density at radius 3 is 2.30 bits per heavy atom. The van der Waals surface area contributed by atoms with Crippen LogP contribution in [-0.2, 0) is 4.79 Å². The van der Waals surface area contributed by atoms with E-state index in [0.717, 1.165) is 40.8 Å². The number of hydrogen-bond donors (Lipinski definition) is 4. The summed E-state index contributed by atoms with van der Waals surface area (Å²) in [5.74, 6) is 1.04. The molecule has 4 N–H and O–H groups in total. The maximum atomic E-state index is 12.5. The minimum atomic E-state index is -0.210. The summed E-state index contributed by atoms with van der Waals surface area (Å²) < 4.78 is 0. The SMILES string of the molecule is C=C.C=O.CNC1=CCC(c2nc3ccc(C(=O)Nc4ccc(O)cc4)cc3[nH]2)C=C1.Cc1ccc(C=O)cc1. The number of aromatic amines is 1. The Bertz CT molecular complexity index is 1450. The van der Waals surface area contributed by atoms with Gasteiger partial charge < -0.3 is 25.5 Å². The largest absolute Gasteiger partial charge is 0.508 e. The normalized spacial score (nSPS) is 13.2. The van der Waals surface area contributed by atoms with Crippen molar-refractivity contribution in [3.8, 4) is 5.75 Å². The molecule has 0 fully saturated rings. The Kier molecular flexibility index (Phi) is 12.3. The maximum absolute atomic E-state index is 12.5. The average molecular weight is 539 g/mol. The minimum Gasteiger partial charge on any atom is -0.508 e. The molecule has 3 aromatic carbocycles. The fourth-order valence-corrected chi connectivity index (χ4v) is 3.75. The van der Waals surface area contributed by atoms with Crippen molar-refractivity contribution in [2.75, 3.05) is 12.4 Å². The molecular weight excluding hydrogens is 504 g/mol. The van der Waals surface area contributed by atoms with Crippen LogP contribution in [0, 0.1) is 6.92 Å². The van der Waals surface area contributed by atoms with E-state index in [1.165, 1.54) is 17.7 Å². The number of aromatic nitrogens is 2. The second-order valence-electron chi connectivity index (χ2n) is 8.49. The highest BCUT2D eigenvalue weighted by Gasteiger charge is 2.16. The van der Waals surface area contributed by atoms with E-state index in [2.05, 4.69) is 52.0 Å². The molecule has 0 bridgehead atoms. The van der Waals surface area contributed by atoms with Crippen LogP contribution >= 0.6 is 0 Å². The van der Waals surface area contributed by atoms with Crippen molar-refractivity contribution >= 4 is 35.7 Å². The van der Waals surface area contributed by atoms with Crippen molar-refractivity contribution in [3.05, 3.63) is 126 Å². The number of carbonyl (C=O) groups is 3. The smallest absolute Gasteiger partial charge is 0.255 e. The zero-order chi connectivity index (χ0) is 29.5. The summed E-state index contributed by atoms with van der Waals surface area (Å²) >= 11 is 0. The second-order valence-corrected chi connectivity index (χ2v) is 8.49. The molecule has 1 aliphatic rings. The van der Waals surface area contributed by atoms with Gasteiger partial charge in [-0.3, -0.25) is 9.59 Å². The molecule has 8 heteroatoms. The summed E-state index contributed by atoms with van der Waals surface area (Å²) in [6, 6.07) is 19.3. The van der Waals surface area contributed by atoms with E-state index < -0.39 is 0 Å². The summed E-state index contributed by atoms with van der Waals surface area (Å²) in [5.41, 5.74) is 5.87. The van der Waals surface area contributed by atoms with E-state index >= 15 is 0 Å². The molecular formula is C32H34N4O4. The molecule has 0 radical (unpaired) electrons. The third-order valence-electron chi connectivity index (χ3n) is 5.84. The van der Waals surface area contributed by atoms with Crippen LogP contribution in [0.2, 0.25) is 0 Å². The molecule has 40 heavy (non-hydrogen) atoms. The first kappa shape index (κ1) is 31.0. The third kappa shape index (κ3) is 8.66. The fourth-order valence-electron chi connectivity index (χ4n) is 3.75. The van der Waals surface area contributed by atoms with E-state index in [0.29, 0.717) is 11.3 Å². The summed E-state index contributed by atoms with van der Waals surface area (Å²) in [6.07, 6.45) is 8.05. The lowest BCUT2D eigenvalue weighted by Crippen LogP contribution is -2.11. The molecule has 4 aromatic rings. The summed E-state index contributed by atoms with van der Waals surface area (Å²) in [4.78, 5) is 38.6. The Labute approximate surface area is 234 Å². The Morgan fingerprint density at radius 2 is 1.73 bits per heavy atom. The number of hydrogen-bond acceptors (Lipinski definition) is 6. The minimum absolute atomic E-state index is 0.160. The van der Waals surface area contributed by atoms with Gasteiger partial charge in [-0.2, -0.15) is 0 Å². The van der Waals surface area contributed by atoms with Gasteiger partial charge in [0, 0.05) is 35.5 Å². The van der Waals surface area contributed by atoms with Gasteiger partial charge in [-0.1, -0.05) is 42.0 Å². The van der Waals surface area contributed by atoms with E-state index in [9.17, 15) is 14.7 Å². The van der Waals surface area contributed by atoms with Gasteiger partial charge in [0.25, 0.3) is 5.91 Å². The van der Waals surface area contributed by atoms with Crippen LogP contribution < -0.4 is 10.6 Å². The molecule has 0 saturated heterocycles. The summed E-state index contributed by atoms with van der Waals surface area (Å²) in [5, 5.41) is 15.3. The third-order valence-corrected chi connectivity index (χ3v) is 5.84. The molecule has 5 rings (SSSR count). The number of phenolic OH excluding ortho intramolecular Hbond substituents is 1. The number of imidazole rings is 1. The number of anilines is 1. The number of allylic oxidation sites excluding steroid dienone is 3. The summed E-state index contributed by atoms with van der Waals surface area (Å²) in [6.45, 7) is 9.99. The molecule has 1 unspecified atom stereocenters. The number of aromatic hydroxyl groups is 1. The van der Waals surface area contributed by atoms with Crippen LogP contribution in [0.3, 0.4) is 0 Å². The molecule has 1 aromatic heterocycles. The summed E-state index contributed by atoms with van der Waals surface area (Å²) in [7, 11) is 1.91. The van der Waals surface area contributed by atoms with Crippen molar-refractivity contribution in [3.63, 3.8) is 0 Å². The number of nitrogens with one attached hydrogen (secondary N) is 3. The van der Waals surface area contributed by atoms with Crippen LogP contribution in [0.4, 0.5) is 5.69 Å². The number of likely N-dealkylation sites (N-methyl/N-ethyl adjacent to an activating group) is 1. The number of benzene rings is 3. The van der Waals surface area contributed by atoms with E-state index in [1.54, 1.807) is 18.2 Å². The van der Waals surface area contributed by atoms with Crippen molar-refractivity contribution in [1.29, 1.82) is 0 Å². The number of aryl methyl sites for hydroxylation is 1. The number of phenols is 1. The van der Waals surface area contributed by atoms with Crippen molar-refractivity contribution < 1.29 is 19.5 Å². The number of H-pyrrole nitrogens is 1. The lowest BCUT2D eigenvalue weighted by molar-refractivity contribution is -0.0980. The van der Waals surface area contributed by atoms with Crippen LogP contribution in [0.15, 0.2) is 104 Å². The van der Waals surface area contributed by atoms with Gasteiger partial charge in [0.05, 0.1) is 11.0 Å². The maximum Gasteiger partial charge on any atom is 0.255 e. The first-order chi connectivity index (χ1) is 19.4. The fraction of sp³-hybridized carbons (Fsp3) is 0.125. The molecule has 8 nitrogen and oxygen atoms in total. The van der Waals surface area contributed by atoms with Gasteiger partial charge in [0.15, 0.2) is 0 Å². The van der Waals surface area contributed by atoms with Crippen molar-refractivity contribution in [1.82, 2.24) is 15.3 Å². The Hall–Kier alpha value is -5.24. The molecule has 0 spiro atoms. The predicted molar refractivity (Wildman–Crippen MR) is 161 cm³/mol. The lowest BCUT2D eigenvalue weighted by atomic mass is 9.99. The highest BCUT2D eigenvalue weighted by atomic mass is 16.3. The van der Waals surface area contributed by atoms with Gasteiger partial charge in [-0.05, 0) is 61.9 Å². The van der Waals surface area contributed by atoms with Gasteiger partial charge in [0.1, 0.15) is 24.6 Å². The Morgan fingerprint density at radius 1 is 1.05 bits per heavy atom. The first-order valence-corrected chi connectivity index (χ1v) is 12.4. The topological polar surface area (TPSA) is 124 Å². The molecule has 1 atom stereocenters. The van der Waals surface area contributed by atoms with Crippen molar-refractivity contribution in [2.24, 2.45) is 0 Å². The number of aldehydes is 1. The monoisotopic (exact) mass is 538 g/mol. The molecule has 1 amide bonds. The van der Waals surface area contributed by atoms with Crippen LogP contribution in [0.25, 0.3) is 11.0 Å².